The van der Waals surface area contributed by atoms with Crippen LogP contribution in [0.4, 0.5) is 0 Å². The Morgan fingerprint density at radius 1 is 1.38 bits per heavy atom. The largest absolute Gasteiger partial charge is 0.385 e. The quantitative estimate of drug-likeness (QED) is 0.745. The van der Waals surface area contributed by atoms with Gasteiger partial charge in [-0.3, -0.25) is 4.79 Å². The number of nitrogens with one attached hydrogen (secondary N) is 1. The van der Waals surface area contributed by atoms with E-state index in [0.29, 0.717) is 13.2 Å². The number of amides is 1. The first-order chi connectivity index (χ1) is 7.75. The summed E-state index contributed by atoms with van der Waals surface area (Å²) in [5.41, 5.74) is 1.05. The lowest BCUT2D eigenvalue weighted by molar-refractivity contribution is -0.122. The number of hydrogen-bond acceptors (Lipinski definition) is 2. The lowest BCUT2D eigenvalue weighted by atomic mass is 10.0. The van der Waals surface area contributed by atoms with Crippen LogP contribution in [0, 0.1) is 0 Å². The number of carbonyl (C=O) groups excluding carboxylic acids is 1. The Bertz CT molecular complexity index is 311. The maximum Gasteiger partial charge on any atom is 0.227 e. The third kappa shape index (κ3) is 4.03. The molecule has 3 nitrogen and oxygen atoms in total. The van der Waals surface area contributed by atoms with E-state index in [1.807, 2.05) is 37.3 Å². The molecule has 1 rings (SSSR count). The van der Waals surface area contributed by atoms with Crippen molar-refractivity contribution in [3.05, 3.63) is 35.9 Å². The molecule has 0 bridgehead atoms. The molecule has 0 aliphatic carbocycles. The standard InChI is InChI=1S/C13H19NO2/c1-11(12-7-4-3-5-8-12)13(15)14-9-6-10-16-2/h3-5,7-8,11H,6,9-10H2,1-2H3,(H,14,15). The van der Waals surface area contributed by atoms with Gasteiger partial charge in [-0.15, -0.1) is 0 Å². The minimum atomic E-state index is -0.0938. The van der Waals surface area contributed by atoms with Crippen molar-refractivity contribution in [3.8, 4) is 0 Å². The SMILES string of the molecule is COCCCNC(=O)C(C)c1ccccc1. The Kier molecular flexibility index (Phi) is 5.57. The van der Waals surface area contributed by atoms with Crippen molar-refractivity contribution >= 4 is 5.91 Å². The summed E-state index contributed by atoms with van der Waals surface area (Å²) in [4.78, 5) is 11.8. The second kappa shape index (κ2) is 7.01. The maximum atomic E-state index is 11.8. The lowest BCUT2D eigenvalue weighted by Gasteiger charge is -2.12. The highest BCUT2D eigenvalue weighted by Crippen LogP contribution is 2.14. The molecule has 16 heavy (non-hydrogen) atoms. The van der Waals surface area contributed by atoms with Gasteiger partial charge < -0.3 is 10.1 Å². The third-order valence-electron chi connectivity index (χ3n) is 2.52. The van der Waals surface area contributed by atoms with E-state index in [1.54, 1.807) is 7.11 Å². The van der Waals surface area contributed by atoms with E-state index in [2.05, 4.69) is 5.32 Å². The number of methoxy groups -OCH3 is 1. The summed E-state index contributed by atoms with van der Waals surface area (Å²) in [6, 6.07) is 9.79. The number of carbonyl (C=O) groups is 1. The first-order valence-corrected chi connectivity index (χ1v) is 5.57. The Balaban J connectivity index is 2.37. The number of ether oxygens (including phenoxy) is 1. The molecule has 0 radical (unpaired) electrons. The van der Waals surface area contributed by atoms with Gasteiger partial charge in [-0.05, 0) is 18.9 Å². The van der Waals surface area contributed by atoms with Gasteiger partial charge in [0.25, 0.3) is 0 Å². The van der Waals surface area contributed by atoms with Crippen molar-refractivity contribution in [2.24, 2.45) is 0 Å². The van der Waals surface area contributed by atoms with Crippen LogP contribution in [0.5, 0.6) is 0 Å². The normalized spacial score (nSPS) is 12.1. The molecule has 0 saturated carbocycles. The fourth-order valence-electron chi connectivity index (χ4n) is 1.47. The lowest BCUT2D eigenvalue weighted by Crippen LogP contribution is -2.29. The molecule has 1 amide bonds. The zero-order valence-corrected chi connectivity index (χ0v) is 9.90. The third-order valence-corrected chi connectivity index (χ3v) is 2.52. The molecule has 88 valence electrons. The Labute approximate surface area is 96.8 Å². The van der Waals surface area contributed by atoms with Crippen LogP contribution in [-0.2, 0) is 9.53 Å². The summed E-state index contributed by atoms with van der Waals surface area (Å²) in [7, 11) is 1.66. The van der Waals surface area contributed by atoms with Crippen molar-refractivity contribution in [1.82, 2.24) is 5.32 Å². The monoisotopic (exact) mass is 221 g/mol. The molecule has 0 fully saturated rings. The molecular weight excluding hydrogens is 202 g/mol. The Morgan fingerprint density at radius 3 is 2.69 bits per heavy atom. The summed E-state index contributed by atoms with van der Waals surface area (Å²) in [5, 5.41) is 2.90. The molecule has 1 aromatic carbocycles. The highest BCUT2D eigenvalue weighted by atomic mass is 16.5. The number of hydrogen-bond donors (Lipinski definition) is 1. The van der Waals surface area contributed by atoms with Gasteiger partial charge in [0.1, 0.15) is 0 Å². The highest BCUT2D eigenvalue weighted by molar-refractivity contribution is 5.83. The van der Waals surface area contributed by atoms with Crippen LogP contribution in [0.25, 0.3) is 0 Å². The predicted molar refractivity (Wildman–Crippen MR) is 64.4 cm³/mol. The molecule has 0 aliphatic rings. The van der Waals surface area contributed by atoms with E-state index in [-0.39, 0.29) is 11.8 Å². The molecule has 0 aromatic heterocycles. The van der Waals surface area contributed by atoms with Crippen molar-refractivity contribution in [1.29, 1.82) is 0 Å². The summed E-state index contributed by atoms with van der Waals surface area (Å²) in [6.45, 7) is 3.27. The fraction of sp³-hybridized carbons (Fsp3) is 0.462. The van der Waals surface area contributed by atoms with Gasteiger partial charge in [-0.1, -0.05) is 30.3 Å². The van der Waals surface area contributed by atoms with Gasteiger partial charge in [0.2, 0.25) is 5.91 Å². The molecule has 1 atom stereocenters. The van der Waals surface area contributed by atoms with Crippen LogP contribution >= 0.6 is 0 Å². The smallest absolute Gasteiger partial charge is 0.227 e. The zero-order valence-electron chi connectivity index (χ0n) is 9.90. The van der Waals surface area contributed by atoms with Crippen molar-refractivity contribution in [2.75, 3.05) is 20.3 Å². The second-order valence-electron chi connectivity index (χ2n) is 3.77. The van der Waals surface area contributed by atoms with Gasteiger partial charge in [0, 0.05) is 20.3 Å². The molecule has 1 aromatic rings. The summed E-state index contributed by atoms with van der Waals surface area (Å²) < 4.78 is 4.92. The van der Waals surface area contributed by atoms with Crippen LogP contribution in [0.2, 0.25) is 0 Å². The summed E-state index contributed by atoms with van der Waals surface area (Å²) in [6.07, 6.45) is 0.851. The van der Waals surface area contributed by atoms with Gasteiger partial charge in [0.05, 0.1) is 5.92 Å². The molecule has 1 N–H and O–H groups in total. The minimum Gasteiger partial charge on any atom is -0.385 e. The van der Waals surface area contributed by atoms with Crippen LogP contribution in [0.15, 0.2) is 30.3 Å². The van der Waals surface area contributed by atoms with E-state index < -0.39 is 0 Å². The molecular formula is C13H19NO2. The molecule has 0 aliphatic heterocycles. The van der Waals surface area contributed by atoms with Crippen molar-refractivity contribution in [2.45, 2.75) is 19.3 Å². The summed E-state index contributed by atoms with van der Waals surface area (Å²) >= 11 is 0. The molecule has 0 spiro atoms. The zero-order chi connectivity index (χ0) is 11.8. The molecule has 1 unspecified atom stereocenters. The van der Waals surface area contributed by atoms with Crippen LogP contribution in [0.1, 0.15) is 24.8 Å². The average Bonchev–Trinajstić information content (AvgIpc) is 2.34. The molecule has 0 heterocycles. The van der Waals surface area contributed by atoms with Crippen LogP contribution in [0.3, 0.4) is 0 Å². The number of rotatable bonds is 6. The van der Waals surface area contributed by atoms with Crippen molar-refractivity contribution < 1.29 is 9.53 Å². The van der Waals surface area contributed by atoms with E-state index in [0.717, 1.165) is 12.0 Å². The first-order valence-electron chi connectivity index (χ1n) is 5.57. The fourth-order valence-corrected chi connectivity index (χ4v) is 1.47. The summed E-state index contributed by atoms with van der Waals surface area (Å²) in [5.74, 6) is -0.0222. The van der Waals surface area contributed by atoms with Crippen LogP contribution < -0.4 is 5.32 Å². The Morgan fingerprint density at radius 2 is 2.06 bits per heavy atom. The van der Waals surface area contributed by atoms with Gasteiger partial charge in [0.15, 0.2) is 0 Å². The van der Waals surface area contributed by atoms with E-state index in [4.69, 9.17) is 4.74 Å². The average molecular weight is 221 g/mol. The van der Waals surface area contributed by atoms with E-state index in [1.165, 1.54) is 0 Å². The number of benzene rings is 1. The van der Waals surface area contributed by atoms with E-state index >= 15 is 0 Å². The second-order valence-corrected chi connectivity index (χ2v) is 3.77. The van der Waals surface area contributed by atoms with Crippen molar-refractivity contribution in [3.63, 3.8) is 0 Å². The highest BCUT2D eigenvalue weighted by Gasteiger charge is 2.13. The molecule has 0 saturated heterocycles. The first kappa shape index (κ1) is 12.7. The Hall–Kier alpha value is -1.35. The topological polar surface area (TPSA) is 38.3 Å². The van der Waals surface area contributed by atoms with Gasteiger partial charge >= 0.3 is 0 Å². The maximum absolute atomic E-state index is 11.8. The van der Waals surface area contributed by atoms with E-state index in [9.17, 15) is 4.79 Å². The van der Waals surface area contributed by atoms with Crippen LogP contribution in [-0.4, -0.2) is 26.2 Å². The van der Waals surface area contributed by atoms with Gasteiger partial charge in [-0.25, -0.2) is 0 Å². The predicted octanol–water partition coefficient (Wildman–Crippen LogP) is 1.94. The molecule has 3 heteroatoms. The van der Waals surface area contributed by atoms with Gasteiger partial charge in [-0.2, -0.15) is 0 Å². The minimum absolute atomic E-state index is 0.0716.